The highest BCUT2D eigenvalue weighted by molar-refractivity contribution is 6.07. The molecule has 1 saturated carbocycles. The van der Waals surface area contributed by atoms with Gasteiger partial charge < -0.3 is 10.1 Å². The number of hydrogen-bond acceptors (Lipinski definition) is 5. The van der Waals surface area contributed by atoms with Crippen LogP contribution in [0.25, 0.3) is 0 Å². The van der Waals surface area contributed by atoms with E-state index < -0.39 is 24.5 Å². The summed E-state index contributed by atoms with van der Waals surface area (Å²) in [6.07, 6.45) is 1.95. The van der Waals surface area contributed by atoms with E-state index in [0.29, 0.717) is 24.1 Å². The van der Waals surface area contributed by atoms with Crippen molar-refractivity contribution >= 4 is 29.4 Å². The fourth-order valence-corrected chi connectivity index (χ4v) is 4.84. The highest BCUT2D eigenvalue weighted by Gasteiger charge is 2.48. The SMILES string of the molecule is Cc1cc(C)cc(NC(=O)[C@@H](OC(=O)CN2C(=O)[C@H]3CCCC[C@H]3C2=O)c2ccccc2)c1. The van der Waals surface area contributed by atoms with Crippen molar-refractivity contribution in [2.45, 2.75) is 45.6 Å². The summed E-state index contributed by atoms with van der Waals surface area (Å²) in [5, 5.41) is 2.82. The molecule has 7 heteroatoms. The number of imide groups is 1. The minimum absolute atomic E-state index is 0.308. The average molecular weight is 449 g/mol. The molecule has 3 atom stereocenters. The molecular formula is C26H28N2O5. The van der Waals surface area contributed by atoms with Gasteiger partial charge in [0.05, 0.1) is 11.8 Å². The molecule has 33 heavy (non-hydrogen) atoms. The van der Waals surface area contributed by atoms with Crippen molar-refractivity contribution in [3.63, 3.8) is 0 Å². The Bertz CT molecular complexity index is 1040. The molecule has 1 N–H and O–H groups in total. The number of nitrogens with zero attached hydrogens (tertiary/aromatic N) is 1. The van der Waals surface area contributed by atoms with Crippen molar-refractivity contribution in [1.82, 2.24) is 4.90 Å². The second kappa shape index (κ2) is 9.57. The first-order valence-electron chi connectivity index (χ1n) is 11.3. The van der Waals surface area contributed by atoms with Crippen molar-refractivity contribution in [2.75, 3.05) is 11.9 Å². The maximum atomic E-state index is 13.1. The van der Waals surface area contributed by atoms with Gasteiger partial charge in [-0.3, -0.25) is 24.1 Å². The standard InChI is InChI=1S/C26H28N2O5/c1-16-12-17(2)14-19(13-16)27-24(30)23(18-8-4-3-5-9-18)33-22(29)15-28-25(31)20-10-6-7-11-21(20)26(28)32/h3-5,8-9,12-14,20-21,23H,6-7,10-11,15H2,1-2H3,(H,27,30)/t20-,21+,23-/m0/s1. The topological polar surface area (TPSA) is 92.8 Å². The molecular weight excluding hydrogens is 420 g/mol. The van der Waals surface area contributed by atoms with Crippen LogP contribution >= 0.6 is 0 Å². The lowest BCUT2D eigenvalue weighted by atomic mass is 9.81. The van der Waals surface area contributed by atoms with Crippen molar-refractivity contribution < 1.29 is 23.9 Å². The first kappa shape index (κ1) is 22.7. The first-order chi connectivity index (χ1) is 15.8. The molecule has 0 unspecified atom stereocenters. The first-order valence-corrected chi connectivity index (χ1v) is 11.3. The molecule has 3 amide bonds. The van der Waals surface area contributed by atoms with Crippen LogP contribution in [0.4, 0.5) is 5.69 Å². The van der Waals surface area contributed by atoms with Gasteiger partial charge in [-0.25, -0.2) is 0 Å². The maximum Gasteiger partial charge on any atom is 0.327 e. The van der Waals surface area contributed by atoms with Crippen molar-refractivity contribution in [3.8, 4) is 0 Å². The van der Waals surface area contributed by atoms with E-state index in [1.165, 1.54) is 0 Å². The molecule has 0 aromatic heterocycles. The number of esters is 1. The summed E-state index contributed by atoms with van der Waals surface area (Å²) in [4.78, 5) is 52.3. The summed E-state index contributed by atoms with van der Waals surface area (Å²) in [6.45, 7) is 3.38. The average Bonchev–Trinajstić information content (AvgIpc) is 3.02. The van der Waals surface area contributed by atoms with Gasteiger partial charge in [-0.1, -0.05) is 49.2 Å². The molecule has 1 aliphatic carbocycles. The minimum Gasteiger partial charge on any atom is -0.446 e. The Morgan fingerprint density at radius 3 is 2.12 bits per heavy atom. The Morgan fingerprint density at radius 2 is 1.55 bits per heavy atom. The van der Waals surface area contributed by atoms with Gasteiger partial charge in [-0.05, 0) is 49.9 Å². The van der Waals surface area contributed by atoms with Crippen LogP contribution in [-0.4, -0.2) is 35.1 Å². The number of fused-ring (bicyclic) bond motifs is 1. The van der Waals surface area contributed by atoms with Crippen molar-refractivity contribution in [2.24, 2.45) is 11.8 Å². The smallest absolute Gasteiger partial charge is 0.327 e. The second-order valence-corrected chi connectivity index (χ2v) is 8.91. The van der Waals surface area contributed by atoms with Crippen LogP contribution in [0.3, 0.4) is 0 Å². The molecule has 172 valence electrons. The van der Waals surface area contributed by atoms with Gasteiger partial charge in [0.15, 0.2) is 0 Å². The number of likely N-dealkylation sites (tertiary alicyclic amines) is 1. The fourth-order valence-electron chi connectivity index (χ4n) is 4.84. The van der Waals surface area contributed by atoms with E-state index in [9.17, 15) is 19.2 Å². The zero-order valence-electron chi connectivity index (χ0n) is 18.9. The molecule has 2 aliphatic rings. The Labute approximate surface area is 193 Å². The predicted octanol–water partition coefficient (Wildman–Crippen LogP) is 3.70. The van der Waals surface area contributed by atoms with Crippen LogP contribution < -0.4 is 5.32 Å². The van der Waals surface area contributed by atoms with E-state index in [2.05, 4.69) is 5.32 Å². The van der Waals surface area contributed by atoms with E-state index in [1.807, 2.05) is 32.0 Å². The zero-order chi connectivity index (χ0) is 23.5. The number of hydrogen-bond donors (Lipinski definition) is 1. The number of benzene rings is 2. The summed E-state index contributed by atoms with van der Waals surface area (Å²) < 4.78 is 5.55. The van der Waals surface area contributed by atoms with Crippen LogP contribution in [0.2, 0.25) is 0 Å². The quantitative estimate of drug-likeness (QED) is 0.537. The number of nitrogens with one attached hydrogen (secondary N) is 1. The normalized spacial score (nSPS) is 20.8. The molecule has 0 bridgehead atoms. The Balaban J connectivity index is 1.49. The number of carbonyl (C=O) groups excluding carboxylic acids is 4. The number of amides is 3. The highest BCUT2D eigenvalue weighted by atomic mass is 16.5. The molecule has 2 aromatic carbocycles. The van der Waals surface area contributed by atoms with Gasteiger partial charge in [0.2, 0.25) is 17.9 Å². The predicted molar refractivity (Wildman–Crippen MR) is 122 cm³/mol. The van der Waals surface area contributed by atoms with E-state index in [1.54, 1.807) is 30.3 Å². The van der Waals surface area contributed by atoms with Gasteiger partial charge in [0.1, 0.15) is 6.54 Å². The van der Waals surface area contributed by atoms with Crippen molar-refractivity contribution in [3.05, 3.63) is 65.2 Å². The maximum absolute atomic E-state index is 13.1. The largest absolute Gasteiger partial charge is 0.446 e. The number of aryl methyl sites for hydroxylation is 2. The summed E-state index contributed by atoms with van der Waals surface area (Å²) in [7, 11) is 0. The van der Waals surface area contributed by atoms with Crippen LogP contribution in [0.1, 0.15) is 48.5 Å². The fraction of sp³-hybridized carbons (Fsp3) is 0.385. The van der Waals surface area contributed by atoms with Gasteiger partial charge >= 0.3 is 5.97 Å². The van der Waals surface area contributed by atoms with Gasteiger partial charge in [0.25, 0.3) is 5.91 Å². The van der Waals surface area contributed by atoms with E-state index in [0.717, 1.165) is 28.9 Å². The van der Waals surface area contributed by atoms with Crippen LogP contribution in [0.5, 0.6) is 0 Å². The summed E-state index contributed by atoms with van der Waals surface area (Å²) in [5.41, 5.74) is 3.08. The number of rotatable bonds is 6. The zero-order valence-corrected chi connectivity index (χ0v) is 18.9. The van der Waals surface area contributed by atoms with Crippen LogP contribution in [-0.2, 0) is 23.9 Å². The lowest BCUT2D eigenvalue weighted by Gasteiger charge is -2.20. The molecule has 2 aromatic rings. The van der Waals surface area contributed by atoms with Gasteiger partial charge in [0, 0.05) is 11.3 Å². The Morgan fingerprint density at radius 1 is 0.970 bits per heavy atom. The van der Waals surface area contributed by atoms with Crippen molar-refractivity contribution in [1.29, 1.82) is 0 Å². The summed E-state index contributed by atoms with van der Waals surface area (Å²) in [6, 6.07) is 14.3. The van der Waals surface area contributed by atoms with Gasteiger partial charge in [-0.2, -0.15) is 0 Å². The van der Waals surface area contributed by atoms with E-state index in [-0.39, 0.29) is 23.7 Å². The number of carbonyl (C=O) groups is 4. The Hall–Kier alpha value is -3.48. The van der Waals surface area contributed by atoms with E-state index >= 15 is 0 Å². The molecule has 7 nitrogen and oxygen atoms in total. The molecule has 1 aliphatic heterocycles. The number of anilines is 1. The molecule has 2 fully saturated rings. The Kier molecular flexibility index (Phi) is 6.58. The molecule has 1 saturated heterocycles. The second-order valence-electron chi connectivity index (χ2n) is 8.91. The lowest BCUT2D eigenvalue weighted by Crippen LogP contribution is -2.38. The molecule has 0 spiro atoms. The third kappa shape index (κ3) is 4.97. The van der Waals surface area contributed by atoms with Crippen LogP contribution in [0, 0.1) is 25.7 Å². The van der Waals surface area contributed by atoms with Crippen LogP contribution in [0.15, 0.2) is 48.5 Å². The molecule has 4 rings (SSSR count). The summed E-state index contributed by atoms with van der Waals surface area (Å²) >= 11 is 0. The molecule has 0 radical (unpaired) electrons. The third-order valence-electron chi connectivity index (χ3n) is 6.30. The lowest BCUT2D eigenvalue weighted by molar-refractivity contribution is -0.159. The highest BCUT2D eigenvalue weighted by Crippen LogP contribution is 2.38. The number of ether oxygens (including phenoxy) is 1. The van der Waals surface area contributed by atoms with E-state index in [4.69, 9.17) is 4.74 Å². The molecule has 1 heterocycles. The minimum atomic E-state index is -1.21. The monoisotopic (exact) mass is 448 g/mol. The third-order valence-corrected chi connectivity index (χ3v) is 6.30. The summed E-state index contributed by atoms with van der Waals surface area (Å²) in [5.74, 6) is -2.59. The van der Waals surface area contributed by atoms with Gasteiger partial charge in [-0.15, -0.1) is 0 Å².